The van der Waals surface area contributed by atoms with E-state index in [2.05, 4.69) is 24.5 Å². The van der Waals surface area contributed by atoms with Gasteiger partial charge in [-0.1, -0.05) is 55.8 Å². The molecular weight excluding hydrogens is 350 g/mol. The van der Waals surface area contributed by atoms with E-state index in [1.807, 2.05) is 55.3 Å². The molecule has 0 saturated heterocycles. The zero-order chi connectivity index (χ0) is 20.5. The van der Waals surface area contributed by atoms with Gasteiger partial charge in [-0.15, -0.1) is 0 Å². The highest BCUT2D eigenvalue weighted by Gasteiger charge is 2.17. The van der Waals surface area contributed by atoms with Gasteiger partial charge in [0.05, 0.1) is 23.8 Å². The van der Waals surface area contributed by atoms with Gasteiger partial charge >= 0.3 is 0 Å². The number of likely N-dealkylation sites (N-methyl/N-ethyl adjacent to an activating group) is 1. The van der Waals surface area contributed by atoms with Gasteiger partial charge in [0.1, 0.15) is 0 Å². The predicted molar refractivity (Wildman–Crippen MR) is 114 cm³/mol. The third-order valence-electron chi connectivity index (χ3n) is 4.94. The van der Waals surface area contributed by atoms with Crippen LogP contribution in [0.15, 0.2) is 54.6 Å². The van der Waals surface area contributed by atoms with Gasteiger partial charge in [0.25, 0.3) is 5.91 Å². The number of rotatable bonds is 9. The Labute approximate surface area is 168 Å². The van der Waals surface area contributed by atoms with Crippen molar-refractivity contribution in [2.24, 2.45) is 0 Å². The van der Waals surface area contributed by atoms with E-state index >= 15 is 0 Å². The zero-order valence-corrected chi connectivity index (χ0v) is 17.2. The quantitative estimate of drug-likeness (QED) is 0.683. The predicted octanol–water partition coefficient (Wildman–Crippen LogP) is 4.24. The maximum atomic E-state index is 12.8. The lowest BCUT2D eigenvalue weighted by molar-refractivity contribution is -0.117. The van der Waals surface area contributed by atoms with Crippen LogP contribution in [0, 0.1) is 0 Å². The fourth-order valence-electron chi connectivity index (χ4n) is 3.10. The first-order chi connectivity index (χ1) is 13.4. The standard InChI is InChI=1S/C23H31N3O2/c1-5-11-17(2)26(4)16-22(27)25-21-15-10-9-14-20(21)23(28)24-18(3)19-12-7-6-8-13-19/h6-10,12-15,17-18H,5,11,16H2,1-4H3,(H,24,28)(H,25,27). The summed E-state index contributed by atoms with van der Waals surface area (Å²) in [7, 11) is 1.94. The second-order valence-corrected chi connectivity index (χ2v) is 7.25. The second-order valence-electron chi connectivity index (χ2n) is 7.25. The Balaban J connectivity index is 2.03. The average molecular weight is 382 g/mol. The van der Waals surface area contributed by atoms with Crippen LogP contribution in [-0.2, 0) is 4.79 Å². The van der Waals surface area contributed by atoms with Gasteiger partial charge in [0, 0.05) is 6.04 Å². The molecule has 2 atom stereocenters. The van der Waals surface area contributed by atoms with Crippen molar-refractivity contribution in [3.63, 3.8) is 0 Å². The summed E-state index contributed by atoms with van der Waals surface area (Å²) in [6, 6.07) is 17.1. The number of hydrogen-bond acceptors (Lipinski definition) is 3. The smallest absolute Gasteiger partial charge is 0.253 e. The molecule has 0 spiro atoms. The van der Waals surface area contributed by atoms with Gasteiger partial charge in [-0.25, -0.2) is 0 Å². The molecule has 0 aliphatic carbocycles. The summed E-state index contributed by atoms with van der Waals surface area (Å²) in [4.78, 5) is 27.3. The average Bonchev–Trinajstić information content (AvgIpc) is 2.69. The lowest BCUT2D eigenvalue weighted by atomic mass is 10.1. The molecule has 0 radical (unpaired) electrons. The third-order valence-corrected chi connectivity index (χ3v) is 4.94. The molecule has 0 saturated carbocycles. The lowest BCUT2D eigenvalue weighted by Crippen LogP contribution is -2.36. The summed E-state index contributed by atoms with van der Waals surface area (Å²) in [5.74, 6) is -0.332. The minimum Gasteiger partial charge on any atom is -0.345 e. The number of hydrogen-bond donors (Lipinski definition) is 2. The largest absolute Gasteiger partial charge is 0.345 e. The highest BCUT2D eigenvalue weighted by molar-refractivity contribution is 6.04. The molecular formula is C23H31N3O2. The van der Waals surface area contributed by atoms with Gasteiger partial charge in [0.2, 0.25) is 5.91 Å². The molecule has 0 aliphatic rings. The van der Waals surface area contributed by atoms with Crippen LogP contribution in [0.1, 0.15) is 55.6 Å². The van der Waals surface area contributed by atoms with Crippen molar-refractivity contribution in [1.29, 1.82) is 0 Å². The third kappa shape index (κ3) is 6.20. The summed E-state index contributed by atoms with van der Waals surface area (Å²) in [6.45, 7) is 6.48. The van der Waals surface area contributed by atoms with Crippen LogP contribution >= 0.6 is 0 Å². The van der Waals surface area contributed by atoms with Crippen LogP contribution in [0.25, 0.3) is 0 Å². The number of nitrogens with one attached hydrogen (secondary N) is 2. The van der Waals surface area contributed by atoms with Crippen LogP contribution < -0.4 is 10.6 Å². The first-order valence-electron chi connectivity index (χ1n) is 9.87. The van der Waals surface area contributed by atoms with E-state index in [1.54, 1.807) is 18.2 Å². The number of para-hydroxylation sites is 1. The van der Waals surface area contributed by atoms with Crippen LogP contribution in [0.2, 0.25) is 0 Å². The van der Waals surface area contributed by atoms with E-state index in [0.717, 1.165) is 18.4 Å². The Morgan fingerprint density at radius 1 is 1.00 bits per heavy atom. The molecule has 2 aromatic rings. The molecule has 0 heterocycles. The molecule has 2 aromatic carbocycles. The van der Waals surface area contributed by atoms with Crippen LogP contribution in [0.3, 0.4) is 0 Å². The number of amides is 2. The molecule has 2 rings (SSSR count). The molecule has 2 unspecified atom stereocenters. The van der Waals surface area contributed by atoms with Crippen molar-refractivity contribution in [3.8, 4) is 0 Å². The molecule has 5 heteroatoms. The molecule has 28 heavy (non-hydrogen) atoms. The minimum absolute atomic E-state index is 0.123. The summed E-state index contributed by atoms with van der Waals surface area (Å²) in [5.41, 5.74) is 2.02. The van der Waals surface area contributed by atoms with Gasteiger partial charge < -0.3 is 10.6 Å². The van der Waals surface area contributed by atoms with Gasteiger partial charge in [-0.3, -0.25) is 14.5 Å². The van der Waals surface area contributed by atoms with E-state index in [0.29, 0.717) is 17.3 Å². The monoisotopic (exact) mass is 381 g/mol. The van der Waals surface area contributed by atoms with E-state index < -0.39 is 0 Å². The number of carbonyl (C=O) groups is 2. The topological polar surface area (TPSA) is 61.4 Å². The molecule has 0 fully saturated rings. The fourth-order valence-corrected chi connectivity index (χ4v) is 3.10. The molecule has 150 valence electrons. The van der Waals surface area contributed by atoms with Crippen molar-refractivity contribution in [3.05, 3.63) is 65.7 Å². The normalized spacial score (nSPS) is 13.0. The minimum atomic E-state index is -0.208. The molecule has 2 amide bonds. The summed E-state index contributed by atoms with van der Waals surface area (Å²) >= 11 is 0. The van der Waals surface area contributed by atoms with Crippen LogP contribution in [0.4, 0.5) is 5.69 Å². The SMILES string of the molecule is CCCC(C)N(C)CC(=O)Nc1ccccc1C(=O)NC(C)c1ccccc1. The lowest BCUT2D eigenvalue weighted by Gasteiger charge is -2.24. The van der Waals surface area contributed by atoms with Crippen molar-refractivity contribution >= 4 is 17.5 Å². The van der Waals surface area contributed by atoms with Crippen LogP contribution in [-0.4, -0.2) is 36.3 Å². The first-order valence-corrected chi connectivity index (χ1v) is 9.87. The van der Waals surface area contributed by atoms with Crippen molar-refractivity contribution in [2.75, 3.05) is 18.9 Å². The van der Waals surface area contributed by atoms with Crippen LogP contribution in [0.5, 0.6) is 0 Å². The summed E-state index contributed by atoms with van der Waals surface area (Å²) in [6.07, 6.45) is 2.12. The Bertz CT molecular complexity index is 776. The first kappa shape index (κ1) is 21.6. The highest BCUT2D eigenvalue weighted by atomic mass is 16.2. The Morgan fingerprint density at radius 2 is 1.64 bits per heavy atom. The van der Waals surface area contributed by atoms with Gasteiger partial charge in [0.15, 0.2) is 0 Å². The van der Waals surface area contributed by atoms with Gasteiger partial charge in [-0.05, 0) is 45.0 Å². The van der Waals surface area contributed by atoms with E-state index in [9.17, 15) is 9.59 Å². The van der Waals surface area contributed by atoms with Crippen molar-refractivity contribution in [1.82, 2.24) is 10.2 Å². The van der Waals surface area contributed by atoms with Crippen molar-refractivity contribution < 1.29 is 9.59 Å². The Morgan fingerprint density at radius 3 is 2.32 bits per heavy atom. The molecule has 5 nitrogen and oxygen atoms in total. The Kier molecular flexibility index (Phi) is 8.20. The summed E-state index contributed by atoms with van der Waals surface area (Å²) in [5, 5.41) is 5.89. The molecule has 0 aromatic heterocycles. The van der Waals surface area contributed by atoms with E-state index in [-0.39, 0.29) is 24.4 Å². The maximum Gasteiger partial charge on any atom is 0.253 e. The highest BCUT2D eigenvalue weighted by Crippen LogP contribution is 2.18. The van der Waals surface area contributed by atoms with Gasteiger partial charge in [-0.2, -0.15) is 0 Å². The zero-order valence-electron chi connectivity index (χ0n) is 17.2. The van der Waals surface area contributed by atoms with E-state index in [1.165, 1.54) is 0 Å². The maximum absolute atomic E-state index is 12.8. The molecule has 2 N–H and O–H groups in total. The molecule has 0 bridgehead atoms. The molecule has 0 aliphatic heterocycles. The fraction of sp³-hybridized carbons (Fsp3) is 0.391. The summed E-state index contributed by atoms with van der Waals surface area (Å²) < 4.78 is 0. The second kappa shape index (κ2) is 10.6. The number of benzene rings is 2. The number of anilines is 1. The number of carbonyl (C=O) groups excluding carboxylic acids is 2. The number of nitrogens with zero attached hydrogens (tertiary/aromatic N) is 1. The Hall–Kier alpha value is -2.66. The van der Waals surface area contributed by atoms with E-state index in [4.69, 9.17) is 0 Å². The van der Waals surface area contributed by atoms with Crippen molar-refractivity contribution in [2.45, 2.75) is 45.7 Å².